The Hall–Kier alpha value is -1.18. The standard InChI is InChI=1S/C23H39ClN3O3S/c1-4-6-8-10-11-15-20(30-23(24)28)27(3)16-13-14-19(18-27)21-22(26-31-25-21)29-17-12-9-7-5-2/h14,20H,4-13,15-18H2,1-3H3/q+1. The van der Waals surface area contributed by atoms with Gasteiger partial charge in [-0.05, 0) is 12.8 Å². The molecule has 0 radical (unpaired) electrons. The van der Waals surface area contributed by atoms with Gasteiger partial charge in [-0.3, -0.25) is 4.48 Å². The molecular weight excluding hydrogens is 434 g/mol. The van der Waals surface area contributed by atoms with Gasteiger partial charge < -0.3 is 9.47 Å². The molecule has 0 fully saturated rings. The van der Waals surface area contributed by atoms with Gasteiger partial charge in [0.25, 0.3) is 5.88 Å². The minimum Gasteiger partial charge on any atom is -0.475 e. The number of nitrogens with zero attached hydrogens (tertiary/aromatic N) is 3. The van der Waals surface area contributed by atoms with E-state index in [1.54, 1.807) is 0 Å². The molecule has 176 valence electrons. The largest absolute Gasteiger partial charge is 0.475 e. The molecule has 8 heteroatoms. The molecule has 2 rings (SSSR count). The fourth-order valence-electron chi connectivity index (χ4n) is 4.18. The highest BCUT2D eigenvalue weighted by Gasteiger charge is 2.39. The smallest absolute Gasteiger partial charge is 0.408 e. The summed E-state index contributed by atoms with van der Waals surface area (Å²) in [7, 11) is 2.15. The highest BCUT2D eigenvalue weighted by molar-refractivity contribution is 6.99. The van der Waals surface area contributed by atoms with E-state index in [9.17, 15) is 4.79 Å². The van der Waals surface area contributed by atoms with Crippen molar-refractivity contribution in [2.24, 2.45) is 0 Å². The summed E-state index contributed by atoms with van der Waals surface area (Å²) in [5.74, 6) is 0.631. The minimum atomic E-state index is -0.722. The lowest BCUT2D eigenvalue weighted by Gasteiger charge is -2.42. The molecule has 1 aromatic heterocycles. The monoisotopic (exact) mass is 472 g/mol. The lowest BCUT2D eigenvalue weighted by atomic mass is 10.0. The van der Waals surface area contributed by atoms with Crippen LogP contribution >= 0.6 is 23.3 Å². The Labute approximate surface area is 196 Å². The summed E-state index contributed by atoms with van der Waals surface area (Å²) >= 11 is 6.83. The fourth-order valence-corrected chi connectivity index (χ4v) is 4.81. The summed E-state index contributed by atoms with van der Waals surface area (Å²) in [6.07, 6.45) is 14.2. The zero-order valence-corrected chi connectivity index (χ0v) is 21.0. The van der Waals surface area contributed by atoms with Crippen molar-refractivity contribution in [2.45, 2.75) is 90.7 Å². The average Bonchev–Trinajstić information content (AvgIpc) is 3.21. The normalized spacial score (nSPS) is 19.7. The van der Waals surface area contributed by atoms with Crippen molar-refractivity contribution in [2.75, 3.05) is 26.7 Å². The maximum atomic E-state index is 11.6. The van der Waals surface area contributed by atoms with Crippen LogP contribution in [-0.4, -0.2) is 51.6 Å². The number of rotatable bonds is 15. The van der Waals surface area contributed by atoms with Crippen LogP contribution in [0.1, 0.15) is 90.2 Å². The Morgan fingerprint density at radius 2 is 1.84 bits per heavy atom. The van der Waals surface area contributed by atoms with Gasteiger partial charge in [0.2, 0.25) is 6.23 Å². The van der Waals surface area contributed by atoms with Crippen molar-refractivity contribution < 1.29 is 18.8 Å². The third-order valence-electron chi connectivity index (χ3n) is 6.04. The third-order valence-corrected chi connectivity index (χ3v) is 6.64. The van der Waals surface area contributed by atoms with Gasteiger partial charge in [0.15, 0.2) is 0 Å². The van der Waals surface area contributed by atoms with Crippen molar-refractivity contribution in [3.05, 3.63) is 11.8 Å². The predicted octanol–water partition coefficient (Wildman–Crippen LogP) is 6.79. The second-order valence-electron chi connectivity index (χ2n) is 8.72. The molecule has 2 heterocycles. The van der Waals surface area contributed by atoms with E-state index in [0.29, 0.717) is 17.0 Å². The third kappa shape index (κ3) is 8.70. The van der Waals surface area contributed by atoms with Gasteiger partial charge >= 0.3 is 5.43 Å². The van der Waals surface area contributed by atoms with Crippen molar-refractivity contribution in [3.63, 3.8) is 0 Å². The van der Waals surface area contributed by atoms with Gasteiger partial charge in [0.05, 0.1) is 31.9 Å². The number of likely N-dealkylation sites (N-methyl/N-ethyl adjacent to an activating group) is 1. The molecule has 0 aliphatic carbocycles. The maximum Gasteiger partial charge on any atom is 0.408 e. The summed E-state index contributed by atoms with van der Waals surface area (Å²) in [6, 6.07) is 0. The first-order valence-corrected chi connectivity index (χ1v) is 13.0. The van der Waals surface area contributed by atoms with Crippen molar-refractivity contribution in [1.29, 1.82) is 0 Å². The van der Waals surface area contributed by atoms with Gasteiger partial charge in [-0.15, -0.1) is 4.37 Å². The van der Waals surface area contributed by atoms with E-state index in [1.165, 1.54) is 50.3 Å². The maximum absolute atomic E-state index is 11.6. The van der Waals surface area contributed by atoms with Crippen LogP contribution in [0.5, 0.6) is 5.88 Å². The van der Waals surface area contributed by atoms with E-state index in [2.05, 4.69) is 35.7 Å². The van der Waals surface area contributed by atoms with Crippen LogP contribution in [0.2, 0.25) is 0 Å². The van der Waals surface area contributed by atoms with Gasteiger partial charge in [0, 0.05) is 30.0 Å². The van der Waals surface area contributed by atoms with Gasteiger partial charge in [-0.25, -0.2) is 4.79 Å². The fraction of sp³-hybridized carbons (Fsp3) is 0.783. The van der Waals surface area contributed by atoms with Crippen LogP contribution in [0.15, 0.2) is 6.08 Å². The topological polar surface area (TPSA) is 61.3 Å². The highest BCUT2D eigenvalue weighted by atomic mass is 35.5. The summed E-state index contributed by atoms with van der Waals surface area (Å²) in [6.45, 7) is 6.71. The Kier molecular flexibility index (Phi) is 11.8. The van der Waals surface area contributed by atoms with Gasteiger partial charge in [-0.2, -0.15) is 4.37 Å². The van der Waals surface area contributed by atoms with Crippen molar-refractivity contribution in [1.82, 2.24) is 8.75 Å². The SMILES string of the molecule is CCCCCCCC(OC(=O)Cl)[N+]1(C)CCC=C(c2nsnc2OCCCCCC)C1. The molecule has 0 amide bonds. The summed E-state index contributed by atoms with van der Waals surface area (Å²) in [4.78, 5) is 11.6. The summed E-state index contributed by atoms with van der Waals surface area (Å²) in [5, 5.41) is 0. The molecule has 0 N–H and O–H groups in total. The zero-order valence-electron chi connectivity index (χ0n) is 19.4. The Morgan fingerprint density at radius 1 is 1.13 bits per heavy atom. The number of aromatic nitrogens is 2. The Bertz CT molecular complexity index is 697. The highest BCUT2D eigenvalue weighted by Crippen LogP contribution is 2.33. The molecule has 0 saturated carbocycles. The zero-order chi connectivity index (χ0) is 22.5. The Balaban J connectivity index is 2.01. The number of halogens is 1. The van der Waals surface area contributed by atoms with E-state index >= 15 is 0 Å². The number of hydrogen-bond acceptors (Lipinski definition) is 6. The quantitative estimate of drug-likeness (QED) is 0.160. The van der Waals surface area contributed by atoms with Crippen LogP contribution < -0.4 is 4.74 Å². The predicted molar refractivity (Wildman–Crippen MR) is 128 cm³/mol. The molecule has 1 aliphatic heterocycles. The van der Waals surface area contributed by atoms with Crippen molar-refractivity contribution in [3.8, 4) is 5.88 Å². The number of unbranched alkanes of at least 4 members (excludes halogenated alkanes) is 7. The molecule has 0 bridgehead atoms. The van der Waals surface area contributed by atoms with E-state index < -0.39 is 5.43 Å². The van der Waals surface area contributed by atoms with Crippen molar-refractivity contribution >= 4 is 34.3 Å². The number of carbonyl (C=O) groups is 1. The van der Waals surface area contributed by atoms with Gasteiger partial charge in [0.1, 0.15) is 12.2 Å². The molecule has 2 unspecified atom stereocenters. The molecule has 2 atom stereocenters. The summed E-state index contributed by atoms with van der Waals surface area (Å²) in [5.41, 5.74) is 1.23. The Morgan fingerprint density at radius 3 is 2.55 bits per heavy atom. The molecule has 6 nitrogen and oxygen atoms in total. The molecule has 0 spiro atoms. The second-order valence-corrected chi connectivity index (χ2v) is 9.56. The van der Waals surface area contributed by atoms with E-state index in [-0.39, 0.29) is 6.23 Å². The van der Waals surface area contributed by atoms with Crippen LogP contribution in [0.4, 0.5) is 4.79 Å². The number of hydrogen-bond donors (Lipinski definition) is 0. The molecule has 0 aromatic carbocycles. The van der Waals surface area contributed by atoms with Crippen LogP contribution in [-0.2, 0) is 4.74 Å². The molecule has 1 aliphatic rings. The summed E-state index contributed by atoms with van der Waals surface area (Å²) < 4.78 is 21.1. The first-order valence-electron chi connectivity index (χ1n) is 11.8. The minimum absolute atomic E-state index is 0.250. The molecule has 31 heavy (non-hydrogen) atoms. The van der Waals surface area contributed by atoms with Gasteiger partial charge in [-0.1, -0.05) is 64.9 Å². The number of ether oxygens (including phenoxy) is 2. The number of carbonyl (C=O) groups excluding carboxylic acids is 1. The molecule has 0 saturated heterocycles. The van der Waals surface area contributed by atoms with Crippen LogP contribution in [0, 0.1) is 0 Å². The number of quaternary nitrogens is 1. The van der Waals surface area contributed by atoms with Crippen LogP contribution in [0.3, 0.4) is 0 Å². The first-order chi connectivity index (χ1) is 15.0. The molecular formula is C23H39ClN3O3S+. The first kappa shape index (κ1) is 26.1. The second kappa shape index (κ2) is 14.1. The molecule has 1 aromatic rings. The van der Waals surface area contributed by atoms with Crippen LogP contribution in [0.25, 0.3) is 5.57 Å². The van der Waals surface area contributed by atoms with E-state index in [0.717, 1.165) is 56.5 Å². The average molecular weight is 473 g/mol. The lowest BCUT2D eigenvalue weighted by molar-refractivity contribution is -0.946. The lowest BCUT2D eigenvalue weighted by Crippen LogP contribution is -2.56. The van der Waals surface area contributed by atoms with E-state index in [4.69, 9.17) is 21.1 Å². The van der Waals surface area contributed by atoms with E-state index in [1.807, 2.05) is 0 Å².